The van der Waals surface area contributed by atoms with Crippen molar-refractivity contribution in [3.8, 4) is 0 Å². The molecule has 0 aliphatic heterocycles. The number of likely N-dealkylation sites (N-methyl/N-ethyl adjacent to an activating group) is 1. The number of amides is 1. The molecule has 1 aromatic heterocycles. The van der Waals surface area contributed by atoms with Gasteiger partial charge in [-0.25, -0.2) is 4.79 Å². The van der Waals surface area contributed by atoms with Gasteiger partial charge < -0.3 is 10.0 Å². The van der Waals surface area contributed by atoms with E-state index in [4.69, 9.17) is 0 Å². The molecule has 0 atom stereocenters. The van der Waals surface area contributed by atoms with E-state index in [0.29, 0.717) is 23.9 Å². The maximum Gasteiger partial charge on any atom is 0.329 e. The van der Waals surface area contributed by atoms with Crippen LogP contribution in [0.1, 0.15) is 42.5 Å². The highest BCUT2D eigenvalue weighted by Crippen LogP contribution is 2.34. The molecule has 1 amide bonds. The number of aromatic nitrogens is 2. The number of nitrogens with one attached hydrogen (secondary N) is 1. The molecular weight excluding hydrogens is 282 g/mol. The van der Waals surface area contributed by atoms with Gasteiger partial charge in [0.2, 0.25) is 0 Å². The number of H-pyrrole nitrogens is 1. The van der Waals surface area contributed by atoms with Gasteiger partial charge in [0.15, 0.2) is 0 Å². The fraction of sp³-hybridized carbons (Fsp3) is 0.438. The van der Waals surface area contributed by atoms with Crippen LogP contribution < -0.4 is 0 Å². The van der Waals surface area contributed by atoms with Gasteiger partial charge in [-0.2, -0.15) is 5.10 Å². The molecule has 2 aromatic rings. The Bertz CT molecular complexity index is 716. The van der Waals surface area contributed by atoms with Gasteiger partial charge in [-0.1, -0.05) is 31.4 Å². The van der Waals surface area contributed by atoms with Crippen molar-refractivity contribution in [1.82, 2.24) is 15.1 Å². The average molecular weight is 301 g/mol. The first-order chi connectivity index (χ1) is 10.6. The third-order valence-corrected chi connectivity index (χ3v) is 4.73. The maximum absolute atomic E-state index is 12.9. The number of fused-ring (bicyclic) bond motifs is 1. The minimum absolute atomic E-state index is 0.279. The number of aromatic amines is 1. The quantitative estimate of drug-likeness (QED) is 0.911. The number of carbonyl (C=O) groups is 2. The second-order valence-electron chi connectivity index (χ2n) is 5.90. The Kier molecular flexibility index (Phi) is 3.60. The van der Waals surface area contributed by atoms with Crippen molar-refractivity contribution in [3.63, 3.8) is 0 Å². The van der Waals surface area contributed by atoms with Gasteiger partial charge in [-0.15, -0.1) is 0 Å². The molecule has 0 spiro atoms. The summed E-state index contributed by atoms with van der Waals surface area (Å²) in [5.74, 6) is -1.20. The van der Waals surface area contributed by atoms with Crippen LogP contribution in [-0.4, -0.2) is 44.7 Å². The summed E-state index contributed by atoms with van der Waals surface area (Å²) in [6, 6.07) is 5.36. The molecule has 22 heavy (non-hydrogen) atoms. The lowest BCUT2D eigenvalue weighted by Gasteiger charge is -2.41. The molecule has 1 fully saturated rings. The topological polar surface area (TPSA) is 86.3 Å². The molecule has 0 unspecified atom stereocenters. The molecule has 1 saturated carbocycles. The first kappa shape index (κ1) is 14.6. The van der Waals surface area contributed by atoms with Crippen molar-refractivity contribution in [2.45, 2.75) is 37.6 Å². The minimum Gasteiger partial charge on any atom is -0.479 e. The summed E-state index contributed by atoms with van der Waals surface area (Å²) >= 11 is 0. The zero-order valence-corrected chi connectivity index (χ0v) is 12.5. The third kappa shape index (κ3) is 2.15. The van der Waals surface area contributed by atoms with Crippen molar-refractivity contribution in [2.75, 3.05) is 7.05 Å². The first-order valence-electron chi connectivity index (χ1n) is 7.50. The van der Waals surface area contributed by atoms with Crippen LogP contribution in [0.15, 0.2) is 24.4 Å². The Balaban J connectivity index is 2.00. The number of carboxylic acid groups (broad SMARTS) is 1. The van der Waals surface area contributed by atoms with E-state index in [9.17, 15) is 14.7 Å². The van der Waals surface area contributed by atoms with E-state index in [2.05, 4.69) is 10.2 Å². The molecule has 3 rings (SSSR count). The van der Waals surface area contributed by atoms with E-state index < -0.39 is 11.5 Å². The summed E-state index contributed by atoms with van der Waals surface area (Å²) in [6.07, 6.45) is 5.34. The standard InChI is InChI=1S/C16H19N3O3/c1-19(16(15(21)22)8-3-2-4-9-16)14(20)12-7-5-6-11-10-17-18-13(11)12/h5-7,10H,2-4,8-9H2,1H3,(H,17,18)(H,21,22). The van der Waals surface area contributed by atoms with Gasteiger partial charge in [-0.3, -0.25) is 9.89 Å². The van der Waals surface area contributed by atoms with E-state index in [1.807, 2.05) is 6.07 Å². The van der Waals surface area contributed by atoms with E-state index in [1.165, 1.54) is 4.90 Å². The molecule has 6 heteroatoms. The highest BCUT2D eigenvalue weighted by atomic mass is 16.4. The summed E-state index contributed by atoms with van der Waals surface area (Å²) < 4.78 is 0. The van der Waals surface area contributed by atoms with E-state index >= 15 is 0 Å². The molecule has 0 radical (unpaired) electrons. The average Bonchev–Trinajstić information content (AvgIpc) is 3.02. The number of hydrogen-bond donors (Lipinski definition) is 2. The maximum atomic E-state index is 12.9. The van der Waals surface area contributed by atoms with Gasteiger partial charge in [0, 0.05) is 12.4 Å². The summed E-state index contributed by atoms with van der Waals surface area (Å²) in [6.45, 7) is 0. The fourth-order valence-corrected chi connectivity index (χ4v) is 3.35. The summed E-state index contributed by atoms with van der Waals surface area (Å²) in [4.78, 5) is 26.1. The molecule has 1 heterocycles. The van der Waals surface area contributed by atoms with Gasteiger partial charge in [0.1, 0.15) is 5.54 Å². The van der Waals surface area contributed by atoms with Crippen LogP contribution in [-0.2, 0) is 4.79 Å². The zero-order valence-electron chi connectivity index (χ0n) is 12.5. The normalized spacial score (nSPS) is 17.3. The predicted molar refractivity (Wildman–Crippen MR) is 81.6 cm³/mol. The smallest absolute Gasteiger partial charge is 0.329 e. The number of carbonyl (C=O) groups excluding carboxylic acids is 1. The number of para-hydroxylation sites is 1. The number of nitrogens with zero attached hydrogens (tertiary/aromatic N) is 2. The van der Waals surface area contributed by atoms with Crippen LogP contribution in [0.2, 0.25) is 0 Å². The Hall–Kier alpha value is -2.37. The Morgan fingerprint density at radius 2 is 2.00 bits per heavy atom. The van der Waals surface area contributed by atoms with Crippen molar-refractivity contribution >= 4 is 22.8 Å². The molecular formula is C16H19N3O3. The van der Waals surface area contributed by atoms with E-state index in [-0.39, 0.29) is 5.91 Å². The van der Waals surface area contributed by atoms with Crippen LogP contribution in [0.25, 0.3) is 10.9 Å². The van der Waals surface area contributed by atoms with Crippen LogP contribution in [0.5, 0.6) is 0 Å². The molecule has 2 N–H and O–H groups in total. The van der Waals surface area contributed by atoms with Gasteiger partial charge in [0.05, 0.1) is 17.3 Å². The monoisotopic (exact) mass is 301 g/mol. The lowest BCUT2D eigenvalue weighted by Crippen LogP contribution is -2.56. The number of hydrogen-bond acceptors (Lipinski definition) is 3. The Morgan fingerprint density at radius 3 is 2.68 bits per heavy atom. The molecule has 6 nitrogen and oxygen atoms in total. The highest BCUT2D eigenvalue weighted by molar-refractivity contribution is 6.06. The third-order valence-electron chi connectivity index (χ3n) is 4.73. The van der Waals surface area contributed by atoms with E-state index in [0.717, 1.165) is 24.6 Å². The molecule has 0 bridgehead atoms. The number of carboxylic acids is 1. The second kappa shape index (κ2) is 5.44. The Labute approximate surface area is 128 Å². The number of aliphatic carboxylic acids is 1. The van der Waals surface area contributed by atoms with Crippen LogP contribution >= 0.6 is 0 Å². The van der Waals surface area contributed by atoms with Crippen LogP contribution in [0.4, 0.5) is 0 Å². The van der Waals surface area contributed by atoms with Crippen molar-refractivity contribution in [2.24, 2.45) is 0 Å². The first-order valence-corrected chi connectivity index (χ1v) is 7.50. The molecule has 1 aliphatic rings. The summed E-state index contributed by atoms with van der Waals surface area (Å²) in [5.41, 5.74) is 0.0109. The number of benzene rings is 1. The Morgan fingerprint density at radius 1 is 1.27 bits per heavy atom. The zero-order chi connectivity index (χ0) is 15.7. The molecule has 0 saturated heterocycles. The molecule has 1 aliphatic carbocycles. The number of rotatable bonds is 3. The summed E-state index contributed by atoms with van der Waals surface area (Å²) in [7, 11) is 1.59. The van der Waals surface area contributed by atoms with Crippen molar-refractivity contribution < 1.29 is 14.7 Å². The van der Waals surface area contributed by atoms with Crippen LogP contribution in [0.3, 0.4) is 0 Å². The van der Waals surface area contributed by atoms with Crippen molar-refractivity contribution in [1.29, 1.82) is 0 Å². The van der Waals surface area contributed by atoms with E-state index in [1.54, 1.807) is 25.4 Å². The molecule has 116 valence electrons. The van der Waals surface area contributed by atoms with Gasteiger partial charge in [-0.05, 0) is 18.9 Å². The van der Waals surface area contributed by atoms with Crippen LogP contribution in [0, 0.1) is 0 Å². The fourth-order valence-electron chi connectivity index (χ4n) is 3.35. The SMILES string of the molecule is CN(C(=O)c1cccc2cn[nH]c12)C1(C(=O)O)CCCCC1. The largest absolute Gasteiger partial charge is 0.479 e. The predicted octanol–water partition coefficient (Wildman–Crippen LogP) is 2.42. The van der Waals surface area contributed by atoms with Gasteiger partial charge >= 0.3 is 5.97 Å². The molecule has 1 aromatic carbocycles. The lowest BCUT2D eigenvalue weighted by atomic mass is 9.80. The lowest BCUT2D eigenvalue weighted by molar-refractivity contribution is -0.151. The highest BCUT2D eigenvalue weighted by Gasteiger charge is 2.45. The summed E-state index contributed by atoms with van der Waals surface area (Å²) in [5, 5.41) is 17.3. The van der Waals surface area contributed by atoms with Gasteiger partial charge in [0.25, 0.3) is 5.91 Å². The van der Waals surface area contributed by atoms with Crippen molar-refractivity contribution in [3.05, 3.63) is 30.0 Å². The second-order valence-corrected chi connectivity index (χ2v) is 5.90. The minimum atomic E-state index is -1.10.